The van der Waals surface area contributed by atoms with Gasteiger partial charge >= 0.3 is 6.18 Å². The lowest BCUT2D eigenvalue weighted by Crippen LogP contribution is -2.51. The van der Waals surface area contributed by atoms with Gasteiger partial charge in [0.05, 0.1) is 11.8 Å². The van der Waals surface area contributed by atoms with Gasteiger partial charge in [-0.2, -0.15) is 13.2 Å². The van der Waals surface area contributed by atoms with Crippen LogP contribution in [0.15, 0.2) is 18.3 Å². The molecule has 1 amide bonds. The third kappa shape index (κ3) is 2.77. The van der Waals surface area contributed by atoms with Crippen LogP contribution in [0.3, 0.4) is 0 Å². The summed E-state index contributed by atoms with van der Waals surface area (Å²) >= 11 is 0. The van der Waals surface area contributed by atoms with Gasteiger partial charge in [-0.3, -0.25) is 14.5 Å². The SMILES string of the molecule is Cc1ccn2c(NC(=O)[C@H]3C4CCC(CC4)[C@@H]3C(F)(F)F)nnc2c1. The molecule has 25 heavy (non-hydrogen) atoms. The van der Waals surface area contributed by atoms with Crippen molar-refractivity contribution in [2.45, 2.75) is 38.8 Å². The Morgan fingerprint density at radius 3 is 2.56 bits per heavy atom. The van der Waals surface area contributed by atoms with Gasteiger partial charge in [0.2, 0.25) is 11.9 Å². The first-order valence-corrected chi connectivity index (χ1v) is 8.53. The van der Waals surface area contributed by atoms with Crippen molar-refractivity contribution in [3.63, 3.8) is 0 Å². The maximum atomic E-state index is 13.6. The summed E-state index contributed by atoms with van der Waals surface area (Å²) in [6.07, 6.45) is -0.147. The number of rotatable bonds is 2. The van der Waals surface area contributed by atoms with E-state index >= 15 is 0 Å². The van der Waals surface area contributed by atoms with Crippen molar-refractivity contribution in [3.8, 4) is 0 Å². The Morgan fingerprint density at radius 2 is 1.88 bits per heavy atom. The van der Waals surface area contributed by atoms with Gasteiger partial charge in [0.15, 0.2) is 5.65 Å². The van der Waals surface area contributed by atoms with E-state index in [0.717, 1.165) is 5.56 Å². The van der Waals surface area contributed by atoms with Crippen LogP contribution < -0.4 is 5.32 Å². The molecule has 0 saturated heterocycles. The molecule has 2 bridgehead atoms. The van der Waals surface area contributed by atoms with Crippen LogP contribution in [0.2, 0.25) is 0 Å². The molecule has 8 heteroatoms. The number of carbonyl (C=O) groups is 1. The Labute approximate surface area is 142 Å². The molecule has 3 aliphatic rings. The fraction of sp³-hybridized carbons (Fsp3) is 0.588. The van der Waals surface area contributed by atoms with Gasteiger partial charge < -0.3 is 0 Å². The molecule has 0 spiro atoms. The highest BCUT2D eigenvalue weighted by Gasteiger charge is 2.58. The van der Waals surface area contributed by atoms with Crippen LogP contribution in [-0.4, -0.2) is 26.7 Å². The highest BCUT2D eigenvalue weighted by atomic mass is 19.4. The summed E-state index contributed by atoms with van der Waals surface area (Å²) in [5.74, 6) is -3.67. The Bertz CT molecular complexity index is 808. The molecule has 134 valence electrons. The molecule has 3 aliphatic carbocycles. The predicted octanol–water partition coefficient (Wildman–Crippen LogP) is 3.59. The molecular formula is C17H19F3N4O. The number of aromatic nitrogens is 3. The number of alkyl halides is 3. The Morgan fingerprint density at radius 1 is 1.20 bits per heavy atom. The van der Waals surface area contributed by atoms with E-state index in [0.29, 0.717) is 31.3 Å². The molecule has 0 aromatic carbocycles. The third-order valence-electron chi connectivity index (χ3n) is 5.70. The first kappa shape index (κ1) is 16.4. The maximum Gasteiger partial charge on any atom is 0.392 e. The number of aryl methyl sites for hydroxylation is 1. The van der Waals surface area contributed by atoms with Gasteiger partial charge in [-0.25, -0.2) is 0 Å². The maximum absolute atomic E-state index is 13.6. The number of hydrogen-bond acceptors (Lipinski definition) is 3. The summed E-state index contributed by atoms with van der Waals surface area (Å²) in [5, 5.41) is 10.5. The molecule has 0 unspecified atom stereocenters. The van der Waals surface area contributed by atoms with Crippen molar-refractivity contribution in [1.29, 1.82) is 0 Å². The second-order valence-electron chi connectivity index (χ2n) is 7.21. The lowest BCUT2D eigenvalue weighted by molar-refractivity contribution is -0.227. The van der Waals surface area contributed by atoms with Gasteiger partial charge in [0, 0.05) is 6.20 Å². The molecule has 0 aliphatic heterocycles. The molecule has 0 radical (unpaired) electrons. The zero-order chi connectivity index (χ0) is 17.8. The second kappa shape index (κ2) is 5.71. The Kier molecular flexibility index (Phi) is 3.73. The van der Waals surface area contributed by atoms with E-state index < -0.39 is 29.8 Å². The third-order valence-corrected chi connectivity index (χ3v) is 5.70. The van der Waals surface area contributed by atoms with Crippen molar-refractivity contribution in [2.75, 3.05) is 5.32 Å². The molecule has 2 aromatic heterocycles. The molecule has 3 fully saturated rings. The summed E-state index contributed by atoms with van der Waals surface area (Å²) in [6.45, 7) is 1.90. The zero-order valence-corrected chi connectivity index (χ0v) is 13.8. The Balaban J connectivity index is 1.62. The van der Waals surface area contributed by atoms with E-state index in [-0.39, 0.29) is 11.9 Å². The lowest BCUT2D eigenvalue weighted by atomic mass is 9.58. The molecule has 5 nitrogen and oxygen atoms in total. The molecule has 2 atom stereocenters. The number of anilines is 1. The standard InChI is InChI=1S/C17H19F3N4O/c1-9-6-7-24-12(8-9)22-23-16(24)21-15(25)13-10-2-4-11(5-3-10)14(13)17(18,19)20/h6-8,10-11,13-14H,2-5H2,1H3,(H,21,23,25)/t10?,11?,13-,14-/m0/s1. The number of nitrogens with zero attached hydrogens (tertiary/aromatic N) is 3. The van der Waals surface area contributed by atoms with Gasteiger partial charge in [-0.05, 0) is 62.1 Å². The molecule has 1 N–H and O–H groups in total. The van der Waals surface area contributed by atoms with Crippen LogP contribution in [0.5, 0.6) is 0 Å². The number of nitrogens with one attached hydrogen (secondary N) is 1. The highest BCUT2D eigenvalue weighted by Crippen LogP contribution is 2.54. The van der Waals surface area contributed by atoms with Crippen molar-refractivity contribution in [1.82, 2.24) is 14.6 Å². The van der Waals surface area contributed by atoms with Crippen LogP contribution in [0.4, 0.5) is 19.1 Å². The largest absolute Gasteiger partial charge is 0.392 e. The van der Waals surface area contributed by atoms with E-state index in [1.807, 2.05) is 13.0 Å². The zero-order valence-electron chi connectivity index (χ0n) is 13.8. The first-order valence-electron chi connectivity index (χ1n) is 8.53. The van der Waals surface area contributed by atoms with E-state index in [4.69, 9.17) is 0 Å². The molecular weight excluding hydrogens is 333 g/mol. The monoisotopic (exact) mass is 352 g/mol. The number of fused-ring (bicyclic) bond motifs is 4. The van der Waals surface area contributed by atoms with Crippen LogP contribution in [0, 0.1) is 30.6 Å². The van der Waals surface area contributed by atoms with Crippen LogP contribution >= 0.6 is 0 Å². The van der Waals surface area contributed by atoms with Gasteiger partial charge in [0.1, 0.15) is 0 Å². The summed E-state index contributed by atoms with van der Waals surface area (Å²) in [4.78, 5) is 12.7. The van der Waals surface area contributed by atoms with E-state index in [2.05, 4.69) is 15.5 Å². The Hall–Kier alpha value is -2.12. The van der Waals surface area contributed by atoms with Crippen LogP contribution in [0.1, 0.15) is 31.2 Å². The summed E-state index contributed by atoms with van der Waals surface area (Å²) < 4.78 is 42.3. The highest BCUT2D eigenvalue weighted by molar-refractivity contribution is 5.92. The van der Waals surface area contributed by atoms with Crippen molar-refractivity contribution in [3.05, 3.63) is 23.9 Å². The number of carbonyl (C=O) groups excluding carboxylic acids is 1. The topological polar surface area (TPSA) is 59.3 Å². The van der Waals surface area contributed by atoms with Crippen molar-refractivity contribution < 1.29 is 18.0 Å². The fourth-order valence-electron chi connectivity index (χ4n) is 4.57. The molecule has 2 heterocycles. The van der Waals surface area contributed by atoms with Crippen LogP contribution in [0.25, 0.3) is 5.65 Å². The van der Waals surface area contributed by atoms with Gasteiger partial charge in [-0.1, -0.05) is 0 Å². The van der Waals surface area contributed by atoms with Crippen molar-refractivity contribution >= 4 is 17.5 Å². The number of halogens is 3. The van der Waals surface area contributed by atoms with E-state index in [1.165, 1.54) is 0 Å². The average Bonchev–Trinajstić information content (AvgIpc) is 2.96. The molecule has 5 rings (SSSR count). The van der Waals surface area contributed by atoms with Gasteiger partial charge in [0.25, 0.3) is 0 Å². The summed E-state index contributed by atoms with van der Waals surface area (Å²) in [6, 6.07) is 3.62. The minimum absolute atomic E-state index is 0.169. The quantitative estimate of drug-likeness (QED) is 0.899. The molecule has 2 aromatic rings. The number of hydrogen-bond donors (Lipinski definition) is 1. The fourth-order valence-corrected chi connectivity index (χ4v) is 4.57. The number of amides is 1. The smallest absolute Gasteiger partial charge is 0.294 e. The number of pyridine rings is 1. The summed E-state index contributed by atoms with van der Waals surface area (Å²) in [7, 11) is 0. The second-order valence-corrected chi connectivity index (χ2v) is 7.21. The normalized spacial score (nSPS) is 29.1. The first-order chi connectivity index (χ1) is 11.8. The van der Waals surface area contributed by atoms with Crippen LogP contribution in [-0.2, 0) is 4.79 Å². The van der Waals surface area contributed by atoms with E-state index in [9.17, 15) is 18.0 Å². The average molecular weight is 352 g/mol. The van der Waals surface area contributed by atoms with Crippen molar-refractivity contribution in [2.24, 2.45) is 23.7 Å². The molecule has 3 saturated carbocycles. The van der Waals surface area contributed by atoms with E-state index in [1.54, 1.807) is 16.7 Å². The minimum Gasteiger partial charge on any atom is -0.294 e. The lowest BCUT2D eigenvalue weighted by Gasteiger charge is -2.48. The summed E-state index contributed by atoms with van der Waals surface area (Å²) in [5.41, 5.74) is 1.53. The van der Waals surface area contributed by atoms with Gasteiger partial charge in [-0.15, -0.1) is 10.2 Å². The predicted molar refractivity (Wildman–Crippen MR) is 84.8 cm³/mol. The minimum atomic E-state index is -4.35.